The van der Waals surface area contributed by atoms with E-state index < -0.39 is 0 Å². The molecule has 0 saturated carbocycles. The minimum absolute atomic E-state index is 0.0618. The highest BCUT2D eigenvalue weighted by Crippen LogP contribution is 2.29. The summed E-state index contributed by atoms with van der Waals surface area (Å²) in [5.41, 5.74) is 11.6. The molecule has 0 heterocycles. The Morgan fingerprint density at radius 3 is 2.32 bits per heavy atom. The van der Waals surface area contributed by atoms with Crippen molar-refractivity contribution in [2.45, 2.75) is 34.6 Å². The van der Waals surface area contributed by atoms with Crippen molar-refractivity contribution in [2.75, 3.05) is 0 Å². The van der Waals surface area contributed by atoms with Crippen LogP contribution in [0.4, 0.5) is 0 Å². The van der Waals surface area contributed by atoms with Gasteiger partial charge in [-0.3, -0.25) is 0 Å². The first-order valence-corrected chi connectivity index (χ1v) is 6.62. The molecule has 0 bridgehead atoms. The van der Waals surface area contributed by atoms with E-state index in [1.807, 2.05) is 6.08 Å². The Labute approximate surface area is 117 Å². The second-order valence-corrected chi connectivity index (χ2v) is 6.05. The van der Waals surface area contributed by atoms with Gasteiger partial charge < -0.3 is 5.73 Å². The molecule has 102 valence electrons. The van der Waals surface area contributed by atoms with Gasteiger partial charge in [0.15, 0.2) is 0 Å². The van der Waals surface area contributed by atoms with Crippen molar-refractivity contribution in [3.63, 3.8) is 0 Å². The number of aryl methyl sites for hydroxylation is 2. The summed E-state index contributed by atoms with van der Waals surface area (Å²) in [5, 5.41) is 0. The first-order valence-electron chi connectivity index (χ1n) is 6.62. The third kappa shape index (κ3) is 4.13. The smallest absolute Gasteiger partial charge is 0.00561 e. The molecular formula is C18H25N. The van der Waals surface area contributed by atoms with Crippen LogP contribution in [0.25, 0.3) is 5.57 Å². The summed E-state index contributed by atoms with van der Waals surface area (Å²) < 4.78 is 0. The van der Waals surface area contributed by atoms with E-state index in [9.17, 15) is 0 Å². The molecule has 0 fully saturated rings. The van der Waals surface area contributed by atoms with Gasteiger partial charge in [0.2, 0.25) is 0 Å². The topological polar surface area (TPSA) is 26.0 Å². The molecule has 0 spiro atoms. The zero-order valence-electron chi connectivity index (χ0n) is 12.7. The Morgan fingerprint density at radius 1 is 1.21 bits per heavy atom. The van der Waals surface area contributed by atoms with Crippen molar-refractivity contribution in [2.24, 2.45) is 11.1 Å². The van der Waals surface area contributed by atoms with E-state index in [0.717, 1.165) is 11.1 Å². The highest BCUT2D eigenvalue weighted by Gasteiger charge is 2.14. The molecule has 0 radical (unpaired) electrons. The van der Waals surface area contributed by atoms with E-state index in [2.05, 4.69) is 65.5 Å². The van der Waals surface area contributed by atoms with Gasteiger partial charge in [0.1, 0.15) is 0 Å². The Hall–Kier alpha value is -1.76. The maximum atomic E-state index is 5.58. The molecular weight excluding hydrogens is 230 g/mol. The quantitative estimate of drug-likeness (QED) is 0.774. The minimum atomic E-state index is 0.0618. The lowest BCUT2D eigenvalue weighted by molar-refractivity contribution is 0.519. The molecule has 1 nitrogen and oxygen atoms in total. The predicted octanol–water partition coefficient (Wildman–Crippen LogP) is 4.76. The molecule has 2 N–H and O–H groups in total. The van der Waals surface area contributed by atoms with Gasteiger partial charge in [-0.1, -0.05) is 57.2 Å². The van der Waals surface area contributed by atoms with Gasteiger partial charge >= 0.3 is 0 Å². The molecule has 19 heavy (non-hydrogen) atoms. The first kappa shape index (κ1) is 15.3. The normalized spacial score (nSPS) is 13.0. The molecule has 0 aliphatic carbocycles. The van der Waals surface area contributed by atoms with E-state index in [-0.39, 0.29) is 5.41 Å². The monoisotopic (exact) mass is 255 g/mol. The van der Waals surface area contributed by atoms with Crippen LogP contribution in [0, 0.1) is 19.3 Å². The highest BCUT2D eigenvalue weighted by molar-refractivity contribution is 5.78. The van der Waals surface area contributed by atoms with Gasteiger partial charge in [-0.05, 0) is 53.8 Å². The average molecular weight is 255 g/mol. The molecule has 0 aromatic heterocycles. The lowest BCUT2D eigenvalue weighted by Gasteiger charge is -2.20. The Bertz CT molecular complexity index is 525. The standard InChI is InChI=1S/C18H25N/c1-13-7-8-17(14(2)11-13)16(9-10-19)12-15(3)18(4,5)6/h7-12H,3,19H2,1-2,4-6H3/b10-9-,16-12+. The predicted molar refractivity (Wildman–Crippen MR) is 85.8 cm³/mol. The van der Waals surface area contributed by atoms with Crippen molar-refractivity contribution in [3.8, 4) is 0 Å². The summed E-state index contributed by atoms with van der Waals surface area (Å²) in [4.78, 5) is 0. The minimum Gasteiger partial charge on any atom is -0.405 e. The molecule has 0 aliphatic heterocycles. The van der Waals surface area contributed by atoms with E-state index in [1.165, 1.54) is 16.7 Å². The van der Waals surface area contributed by atoms with Crippen LogP contribution < -0.4 is 5.73 Å². The number of benzene rings is 1. The highest BCUT2D eigenvalue weighted by atomic mass is 14.5. The van der Waals surface area contributed by atoms with Crippen LogP contribution in [-0.4, -0.2) is 0 Å². The van der Waals surface area contributed by atoms with Crippen molar-refractivity contribution in [1.29, 1.82) is 0 Å². The van der Waals surface area contributed by atoms with Gasteiger partial charge in [-0.2, -0.15) is 0 Å². The molecule has 0 amide bonds. The lowest BCUT2D eigenvalue weighted by atomic mass is 9.85. The summed E-state index contributed by atoms with van der Waals surface area (Å²) in [5.74, 6) is 0. The molecule has 1 heteroatoms. The summed E-state index contributed by atoms with van der Waals surface area (Å²) in [6.45, 7) is 14.9. The number of allylic oxidation sites excluding steroid dienone is 4. The molecule has 1 aromatic rings. The molecule has 0 unspecified atom stereocenters. The first-order chi connectivity index (χ1) is 8.75. The third-order valence-corrected chi connectivity index (χ3v) is 3.26. The van der Waals surface area contributed by atoms with E-state index in [0.29, 0.717) is 0 Å². The molecule has 0 atom stereocenters. The molecule has 0 saturated heterocycles. The maximum Gasteiger partial charge on any atom is -0.00561 e. The van der Waals surface area contributed by atoms with Crippen molar-refractivity contribution < 1.29 is 0 Å². The maximum absolute atomic E-state index is 5.58. The summed E-state index contributed by atoms with van der Waals surface area (Å²) >= 11 is 0. The lowest BCUT2D eigenvalue weighted by Crippen LogP contribution is -2.06. The van der Waals surface area contributed by atoms with E-state index in [4.69, 9.17) is 5.73 Å². The van der Waals surface area contributed by atoms with Crippen LogP contribution in [0.3, 0.4) is 0 Å². The van der Waals surface area contributed by atoms with Crippen LogP contribution in [0.1, 0.15) is 37.5 Å². The third-order valence-electron chi connectivity index (χ3n) is 3.26. The zero-order chi connectivity index (χ0) is 14.6. The van der Waals surface area contributed by atoms with Gasteiger partial charge in [0.05, 0.1) is 0 Å². The fourth-order valence-electron chi connectivity index (χ4n) is 1.86. The zero-order valence-corrected chi connectivity index (χ0v) is 12.7. The fourth-order valence-corrected chi connectivity index (χ4v) is 1.86. The van der Waals surface area contributed by atoms with E-state index >= 15 is 0 Å². The second kappa shape index (κ2) is 5.92. The fraction of sp³-hybridized carbons (Fsp3) is 0.333. The van der Waals surface area contributed by atoms with Crippen LogP contribution in [0.5, 0.6) is 0 Å². The average Bonchev–Trinajstić information content (AvgIpc) is 2.27. The molecule has 1 aromatic carbocycles. The van der Waals surface area contributed by atoms with Crippen LogP contribution in [0.2, 0.25) is 0 Å². The van der Waals surface area contributed by atoms with Gasteiger partial charge in [-0.15, -0.1) is 0 Å². The van der Waals surface area contributed by atoms with E-state index in [1.54, 1.807) is 6.20 Å². The van der Waals surface area contributed by atoms with Crippen LogP contribution in [-0.2, 0) is 0 Å². The number of nitrogens with two attached hydrogens (primary N) is 1. The van der Waals surface area contributed by atoms with Crippen LogP contribution >= 0.6 is 0 Å². The van der Waals surface area contributed by atoms with Gasteiger partial charge in [-0.25, -0.2) is 0 Å². The number of hydrogen-bond acceptors (Lipinski definition) is 1. The van der Waals surface area contributed by atoms with Crippen molar-refractivity contribution >= 4 is 5.57 Å². The Morgan fingerprint density at radius 2 is 1.84 bits per heavy atom. The Balaban J connectivity index is 3.29. The summed E-state index contributed by atoms with van der Waals surface area (Å²) in [6.07, 6.45) is 5.65. The summed E-state index contributed by atoms with van der Waals surface area (Å²) in [6, 6.07) is 6.46. The number of hydrogen-bond donors (Lipinski definition) is 1. The Kier molecular flexibility index (Phi) is 4.77. The SMILES string of the molecule is C=C(/C=C(\C=C/N)c1ccc(C)cc1C)C(C)(C)C. The molecule has 0 aliphatic rings. The van der Waals surface area contributed by atoms with Crippen LogP contribution in [0.15, 0.2) is 48.7 Å². The number of rotatable bonds is 3. The molecule has 1 rings (SSSR count). The second-order valence-electron chi connectivity index (χ2n) is 6.05. The van der Waals surface area contributed by atoms with Gasteiger partial charge in [0.25, 0.3) is 0 Å². The summed E-state index contributed by atoms with van der Waals surface area (Å²) in [7, 11) is 0. The largest absolute Gasteiger partial charge is 0.405 e. The van der Waals surface area contributed by atoms with Crippen molar-refractivity contribution in [3.05, 3.63) is 65.4 Å². The van der Waals surface area contributed by atoms with Crippen molar-refractivity contribution in [1.82, 2.24) is 0 Å². The van der Waals surface area contributed by atoms with Gasteiger partial charge in [0, 0.05) is 0 Å².